The summed E-state index contributed by atoms with van der Waals surface area (Å²) in [6.45, 7) is 3.94. The molecule has 0 aliphatic carbocycles. The molecule has 0 bridgehead atoms. The van der Waals surface area contributed by atoms with E-state index >= 15 is 0 Å². The summed E-state index contributed by atoms with van der Waals surface area (Å²) in [5.41, 5.74) is 4.09. The third kappa shape index (κ3) is 4.18. The summed E-state index contributed by atoms with van der Waals surface area (Å²) >= 11 is 0. The predicted octanol–water partition coefficient (Wildman–Crippen LogP) is 6.01. The Morgan fingerprint density at radius 3 is 2.50 bits per heavy atom. The molecule has 0 fully saturated rings. The largest absolute Gasteiger partial charge is 0.505 e. The first kappa shape index (κ1) is 22.9. The van der Waals surface area contributed by atoms with Crippen LogP contribution in [0.25, 0.3) is 21.8 Å². The zero-order valence-electron chi connectivity index (χ0n) is 19.8. The molecule has 0 saturated carbocycles. The van der Waals surface area contributed by atoms with Gasteiger partial charge in [0.25, 0.3) is 5.91 Å². The van der Waals surface area contributed by atoms with E-state index in [9.17, 15) is 14.7 Å². The van der Waals surface area contributed by atoms with Crippen molar-refractivity contribution in [3.05, 3.63) is 87.8 Å². The van der Waals surface area contributed by atoms with Gasteiger partial charge in [-0.2, -0.15) is 0 Å². The van der Waals surface area contributed by atoms with Crippen LogP contribution in [0.4, 0.5) is 17.1 Å². The van der Waals surface area contributed by atoms with E-state index in [1.54, 1.807) is 37.4 Å². The highest BCUT2D eigenvalue weighted by Crippen LogP contribution is 2.41. The molecule has 0 unspecified atom stereocenters. The molecule has 0 spiro atoms. The van der Waals surface area contributed by atoms with Crippen LogP contribution >= 0.6 is 0 Å². The van der Waals surface area contributed by atoms with E-state index in [-0.39, 0.29) is 22.7 Å². The zero-order chi connectivity index (χ0) is 25.4. The highest BCUT2D eigenvalue weighted by molar-refractivity contribution is 6.12. The van der Waals surface area contributed by atoms with Gasteiger partial charge in [0.15, 0.2) is 5.75 Å². The number of fused-ring (bicyclic) bond motifs is 2. The second-order valence-corrected chi connectivity index (χ2v) is 8.44. The van der Waals surface area contributed by atoms with Crippen molar-refractivity contribution in [3.63, 3.8) is 0 Å². The van der Waals surface area contributed by atoms with E-state index in [0.29, 0.717) is 38.9 Å². The fraction of sp³-hybridized carbons (Fsp3) is 0.111. The molecule has 1 aromatic heterocycles. The number of amides is 1. The van der Waals surface area contributed by atoms with Crippen LogP contribution in [-0.4, -0.2) is 28.1 Å². The van der Waals surface area contributed by atoms with Crippen LogP contribution in [0.15, 0.2) is 75.7 Å². The normalized spacial score (nSPS) is 11.4. The second-order valence-electron chi connectivity index (χ2n) is 8.44. The third-order valence-corrected chi connectivity index (χ3v) is 6.07. The monoisotopic (exact) mass is 481 g/mol. The van der Waals surface area contributed by atoms with Crippen molar-refractivity contribution in [3.8, 4) is 11.5 Å². The minimum Gasteiger partial charge on any atom is -0.505 e. The van der Waals surface area contributed by atoms with E-state index < -0.39 is 5.91 Å². The number of aromatic hydroxyl groups is 1. The highest BCUT2D eigenvalue weighted by atomic mass is 16.5. The molecule has 9 nitrogen and oxygen atoms in total. The average molecular weight is 482 g/mol. The number of aromatic amines is 2. The van der Waals surface area contributed by atoms with E-state index in [1.807, 2.05) is 44.2 Å². The lowest BCUT2D eigenvalue weighted by Gasteiger charge is -2.12. The Morgan fingerprint density at radius 1 is 0.944 bits per heavy atom. The van der Waals surface area contributed by atoms with Crippen molar-refractivity contribution in [2.45, 2.75) is 13.8 Å². The number of H-pyrrole nitrogens is 2. The molecule has 4 aromatic carbocycles. The van der Waals surface area contributed by atoms with Gasteiger partial charge < -0.3 is 25.1 Å². The maximum Gasteiger partial charge on any atom is 0.323 e. The van der Waals surface area contributed by atoms with E-state index in [0.717, 1.165) is 11.1 Å². The first-order valence-electron chi connectivity index (χ1n) is 11.2. The van der Waals surface area contributed by atoms with Gasteiger partial charge in [0, 0.05) is 11.1 Å². The van der Waals surface area contributed by atoms with Crippen LogP contribution in [-0.2, 0) is 0 Å². The van der Waals surface area contributed by atoms with Crippen LogP contribution in [0.3, 0.4) is 0 Å². The molecule has 1 heterocycles. The maximum absolute atomic E-state index is 13.2. The van der Waals surface area contributed by atoms with Gasteiger partial charge in [-0.1, -0.05) is 24.3 Å². The average Bonchev–Trinajstić information content (AvgIpc) is 3.24. The first-order chi connectivity index (χ1) is 17.3. The minimum absolute atomic E-state index is 0.0392. The maximum atomic E-state index is 13.2. The molecule has 4 N–H and O–H groups in total. The number of hydrogen-bond donors (Lipinski definition) is 4. The van der Waals surface area contributed by atoms with E-state index in [1.165, 1.54) is 0 Å². The van der Waals surface area contributed by atoms with Gasteiger partial charge >= 0.3 is 5.69 Å². The number of nitrogens with zero attached hydrogens (tertiary/aromatic N) is 2. The van der Waals surface area contributed by atoms with Gasteiger partial charge in [-0.3, -0.25) is 4.79 Å². The van der Waals surface area contributed by atoms with Gasteiger partial charge in [0.1, 0.15) is 17.1 Å². The number of phenols is 1. The van der Waals surface area contributed by atoms with Gasteiger partial charge in [-0.05, 0) is 66.8 Å². The molecule has 0 aliphatic heterocycles. The molecule has 5 rings (SSSR count). The topological polar surface area (TPSA) is 132 Å². The molecule has 5 aromatic rings. The smallest absolute Gasteiger partial charge is 0.323 e. The van der Waals surface area contributed by atoms with Gasteiger partial charge in [-0.15, -0.1) is 10.2 Å². The number of benzene rings is 4. The standard InChI is InChI=1S/C27H23N5O4/c1-14-10-22(23(36-3)11-15(14)2)31-32-24-18-7-5-4-6-16(18)12-19(25(24)33)26(34)28-17-8-9-20-21(13-17)30-27(35)29-20/h4-13,33H,1-3H3,(H,28,34)(H2,29,30,35)/b32-31+. The highest BCUT2D eigenvalue weighted by Gasteiger charge is 2.19. The third-order valence-electron chi connectivity index (χ3n) is 6.07. The van der Waals surface area contributed by atoms with Crippen LogP contribution in [0, 0.1) is 13.8 Å². The summed E-state index contributed by atoms with van der Waals surface area (Å²) in [4.78, 5) is 30.0. The fourth-order valence-electron chi connectivity index (χ4n) is 4.02. The number of anilines is 1. The fourth-order valence-corrected chi connectivity index (χ4v) is 4.02. The Bertz CT molecular complexity index is 1730. The number of carbonyl (C=O) groups excluding carboxylic acids is 1. The SMILES string of the molecule is COc1cc(C)c(C)cc1/N=N/c1c(O)c(C(=O)Nc2ccc3[nH]c(=O)[nH]c3c2)cc2ccccc12. The Hall–Kier alpha value is -4.92. The Kier molecular flexibility index (Phi) is 5.73. The Balaban J connectivity index is 1.56. The number of aromatic nitrogens is 2. The summed E-state index contributed by atoms with van der Waals surface area (Å²) in [5, 5.41) is 23.9. The van der Waals surface area contributed by atoms with Crippen LogP contribution in [0.1, 0.15) is 21.5 Å². The lowest BCUT2D eigenvalue weighted by atomic mass is 10.0. The summed E-state index contributed by atoms with van der Waals surface area (Å²) in [6.07, 6.45) is 0. The molecule has 0 saturated heterocycles. The summed E-state index contributed by atoms with van der Waals surface area (Å²) in [6, 6.07) is 17.6. The molecule has 1 amide bonds. The molecule has 9 heteroatoms. The summed E-state index contributed by atoms with van der Waals surface area (Å²) in [7, 11) is 1.56. The van der Waals surface area contributed by atoms with Crippen molar-refractivity contribution < 1.29 is 14.6 Å². The van der Waals surface area contributed by atoms with Crippen molar-refractivity contribution in [2.75, 3.05) is 12.4 Å². The quantitative estimate of drug-likeness (QED) is 0.229. The lowest BCUT2D eigenvalue weighted by Crippen LogP contribution is -2.12. The number of ether oxygens (including phenoxy) is 1. The summed E-state index contributed by atoms with van der Waals surface area (Å²) in [5.74, 6) is -0.276. The van der Waals surface area contributed by atoms with Gasteiger partial charge in [-0.25, -0.2) is 4.79 Å². The molecular weight excluding hydrogens is 458 g/mol. The molecule has 0 atom stereocenters. The zero-order valence-corrected chi connectivity index (χ0v) is 19.8. The number of aryl methyl sites for hydroxylation is 2. The van der Waals surface area contributed by atoms with Crippen molar-refractivity contribution >= 4 is 44.8 Å². The number of carbonyl (C=O) groups is 1. The predicted molar refractivity (Wildman–Crippen MR) is 139 cm³/mol. The van der Waals surface area contributed by atoms with Gasteiger partial charge in [0.2, 0.25) is 0 Å². The number of nitrogens with one attached hydrogen (secondary N) is 3. The Labute approximate surface area is 205 Å². The number of azo groups is 1. The van der Waals surface area contributed by atoms with Gasteiger partial charge in [0.05, 0.1) is 23.7 Å². The number of methoxy groups -OCH3 is 1. The molecule has 0 aliphatic rings. The molecule has 0 radical (unpaired) electrons. The van der Waals surface area contributed by atoms with Crippen molar-refractivity contribution in [2.24, 2.45) is 10.2 Å². The second kappa shape index (κ2) is 9.03. The number of rotatable bonds is 5. The number of imidazole rings is 1. The van der Waals surface area contributed by atoms with Crippen molar-refractivity contribution in [1.82, 2.24) is 9.97 Å². The number of phenolic OH excluding ortho intramolecular Hbond substituents is 1. The lowest BCUT2D eigenvalue weighted by molar-refractivity contribution is 0.102. The number of hydrogen-bond acceptors (Lipinski definition) is 6. The van der Waals surface area contributed by atoms with E-state index in [4.69, 9.17) is 4.74 Å². The minimum atomic E-state index is -0.532. The van der Waals surface area contributed by atoms with Crippen LogP contribution in [0.2, 0.25) is 0 Å². The molecule has 36 heavy (non-hydrogen) atoms. The van der Waals surface area contributed by atoms with E-state index in [2.05, 4.69) is 25.5 Å². The Morgan fingerprint density at radius 2 is 1.69 bits per heavy atom. The molecule has 180 valence electrons. The first-order valence-corrected chi connectivity index (χ1v) is 11.2. The summed E-state index contributed by atoms with van der Waals surface area (Å²) < 4.78 is 5.44. The van der Waals surface area contributed by atoms with Crippen LogP contribution < -0.4 is 15.7 Å². The van der Waals surface area contributed by atoms with Crippen LogP contribution in [0.5, 0.6) is 11.5 Å². The molecular formula is C27H23N5O4. The van der Waals surface area contributed by atoms with Crippen molar-refractivity contribution in [1.29, 1.82) is 0 Å².